The lowest BCUT2D eigenvalue weighted by Crippen LogP contribution is -2.37. The molecule has 0 spiro atoms. The second-order valence-electron chi connectivity index (χ2n) is 6.07. The van der Waals surface area contributed by atoms with Crippen molar-refractivity contribution in [3.05, 3.63) is 11.7 Å². The molecule has 0 fully saturated rings. The third-order valence-corrected chi connectivity index (χ3v) is 3.43. The molecule has 1 heterocycles. The van der Waals surface area contributed by atoms with Gasteiger partial charge in [-0.1, -0.05) is 19.0 Å². The number of nitrogens with zero attached hydrogens (tertiary/aromatic N) is 2. The number of nitrogens with one attached hydrogen (secondary N) is 1. The Labute approximate surface area is 122 Å². The number of rotatable bonds is 8. The number of ether oxygens (including phenoxy) is 1. The first-order chi connectivity index (χ1) is 9.37. The van der Waals surface area contributed by atoms with Gasteiger partial charge in [0, 0.05) is 25.1 Å². The molecule has 0 aliphatic rings. The van der Waals surface area contributed by atoms with Crippen molar-refractivity contribution in [3.8, 4) is 0 Å². The first-order valence-corrected chi connectivity index (χ1v) is 7.59. The molecule has 0 atom stereocenters. The molecule has 20 heavy (non-hydrogen) atoms. The maximum absolute atomic E-state index is 5.89. The second kappa shape index (κ2) is 7.18. The molecule has 1 aromatic heterocycles. The third-order valence-electron chi connectivity index (χ3n) is 3.43. The maximum Gasteiger partial charge on any atom is 0.228 e. The van der Waals surface area contributed by atoms with Crippen LogP contribution in [-0.2, 0) is 16.8 Å². The van der Waals surface area contributed by atoms with Crippen molar-refractivity contribution in [2.45, 2.75) is 71.9 Å². The molecule has 0 aliphatic carbocycles. The van der Waals surface area contributed by atoms with Gasteiger partial charge < -0.3 is 14.6 Å². The lowest BCUT2D eigenvalue weighted by Gasteiger charge is -2.27. The standard InChI is InChI=1S/C15H29N3O2/c1-7-15(8-2,19-9-3)13-17-12(20-18-13)10-11-16-14(4,5)6/h16H,7-11H2,1-6H3. The zero-order chi connectivity index (χ0) is 15.2. The third kappa shape index (κ3) is 4.56. The SMILES string of the molecule is CCOC(CC)(CC)c1noc(CCNC(C)(C)C)n1. The minimum absolute atomic E-state index is 0.102. The normalized spacial score (nSPS) is 12.9. The fourth-order valence-corrected chi connectivity index (χ4v) is 2.20. The van der Waals surface area contributed by atoms with E-state index in [-0.39, 0.29) is 5.54 Å². The van der Waals surface area contributed by atoms with Gasteiger partial charge >= 0.3 is 0 Å². The molecule has 0 bridgehead atoms. The summed E-state index contributed by atoms with van der Waals surface area (Å²) < 4.78 is 11.2. The van der Waals surface area contributed by atoms with Gasteiger partial charge in [0.05, 0.1) is 0 Å². The van der Waals surface area contributed by atoms with Gasteiger partial charge in [-0.15, -0.1) is 0 Å². The summed E-state index contributed by atoms with van der Waals surface area (Å²) in [6, 6.07) is 0. The van der Waals surface area contributed by atoms with Crippen LogP contribution in [0.2, 0.25) is 0 Å². The van der Waals surface area contributed by atoms with E-state index in [1.54, 1.807) is 0 Å². The summed E-state index contributed by atoms with van der Waals surface area (Å²) in [7, 11) is 0. The molecule has 0 amide bonds. The largest absolute Gasteiger partial charge is 0.367 e. The van der Waals surface area contributed by atoms with Crippen LogP contribution in [0.3, 0.4) is 0 Å². The van der Waals surface area contributed by atoms with Gasteiger partial charge in [0.1, 0.15) is 5.60 Å². The molecule has 0 radical (unpaired) electrons. The lowest BCUT2D eigenvalue weighted by molar-refractivity contribution is -0.0583. The summed E-state index contributed by atoms with van der Waals surface area (Å²) in [6.45, 7) is 14.1. The van der Waals surface area contributed by atoms with E-state index < -0.39 is 5.60 Å². The predicted molar refractivity (Wildman–Crippen MR) is 79.6 cm³/mol. The molecule has 116 valence electrons. The summed E-state index contributed by atoms with van der Waals surface area (Å²) in [5.41, 5.74) is -0.307. The molecular formula is C15H29N3O2. The van der Waals surface area contributed by atoms with Gasteiger partial charge in [0.25, 0.3) is 0 Å². The Morgan fingerprint density at radius 1 is 1.15 bits per heavy atom. The van der Waals surface area contributed by atoms with Gasteiger partial charge in [0.2, 0.25) is 11.7 Å². The minimum Gasteiger partial charge on any atom is -0.367 e. The fourth-order valence-electron chi connectivity index (χ4n) is 2.20. The van der Waals surface area contributed by atoms with Crippen LogP contribution in [-0.4, -0.2) is 28.8 Å². The van der Waals surface area contributed by atoms with Gasteiger partial charge in [-0.05, 0) is 40.5 Å². The molecule has 0 saturated carbocycles. The summed E-state index contributed by atoms with van der Waals surface area (Å²) in [4.78, 5) is 4.52. The lowest BCUT2D eigenvalue weighted by atomic mass is 9.96. The second-order valence-corrected chi connectivity index (χ2v) is 6.07. The smallest absolute Gasteiger partial charge is 0.228 e. The zero-order valence-electron chi connectivity index (χ0n) is 13.7. The van der Waals surface area contributed by atoms with E-state index in [1.165, 1.54) is 0 Å². The molecule has 5 heteroatoms. The minimum atomic E-state index is -0.409. The molecule has 0 aliphatic heterocycles. The average molecular weight is 283 g/mol. The Balaban J connectivity index is 2.70. The van der Waals surface area contributed by atoms with Crippen molar-refractivity contribution in [3.63, 3.8) is 0 Å². The van der Waals surface area contributed by atoms with Gasteiger partial charge in [-0.3, -0.25) is 0 Å². The zero-order valence-corrected chi connectivity index (χ0v) is 13.7. The van der Waals surface area contributed by atoms with Crippen molar-refractivity contribution in [1.82, 2.24) is 15.5 Å². The van der Waals surface area contributed by atoms with Crippen LogP contribution < -0.4 is 5.32 Å². The highest BCUT2D eigenvalue weighted by Gasteiger charge is 2.34. The maximum atomic E-state index is 5.89. The molecule has 1 N–H and O–H groups in total. The summed E-state index contributed by atoms with van der Waals surface area (Å²) in [5, 5.41) is 7.54. The van der Waals surface area contributed by atoms with Crippen molar-refractivity contribution in [2.24, 2.45) is 0 Å². The first kappa shape index (κ1) is 17.1. The Morgan fingerprint density at radius 2 is 1.80 bits per heavy atom. The molecular weight excluding hydrogens is 254 g/mol. The highest BCUT2D eigenvalue weighted by molar-refractivity contribution is 5.01. The van der Waals surface area contributed by atoms with E-state index >= 15 is 0 Å². The molecule has 0 unspecified atom stereocenters. The van der Waals surface area contributed by atoms with E-state index in [9.17, 15) is 0 Å². The van der Waals surface area contributed by atoms with Gasteiger partial charge in [0.15, 0.2) is 0 Å². The van der Waals surface area contributed by atoms with Gasteiger partial charge in [-0.25, -0.2) is 0 Å². The molecule has 5 nitrogen and oxygen atoms in total. The van der Waals surface area contributed by atoms with E-state index in [1.807, 2.05) is 6.92 Å². The van der Waals surface area contributed by atoms with Crippen molar-refractivity contribution in [2.75, 3.05) is 13.2 Å². The van der Waals surface area contributed by atoms with Crippen molar-refractivity contribution < 1.29 is 9.26 Å². The number of hydrogen-bond donors (Lipinski definition) is 1. The van der Waals surface area contributed by atoms with E-state index in [0.717, 1.165) is 25.8 Å². The topological polar surface area (TPSA) is 60.2 Å². The Hall–Kier alpha value is -0.940. The highest BCUT2D eigenvalue weighted by atomic mass is 16.5. The van der Waals surface area contributed by atoms with Crippen molar-refractivity contribution >= 4 is 0 Å². The summed E-state index contributed by atoms with van der Waals surface area (Å²) >= 11 is 0. The average Bonchev–Trinajstić information content (AvgIpc) is 2.84. The van der Waals surface area contributed by atoms with Crippen LogP contribution >= 0.6 is 0 Å². The Morgan fingerprint density at radius 3 is 2.30 bits per heavy atom. The van der Waals surface area contributed by atoms with Crippen LogP contribution in [0.25, 0.3) is 0 Å². The summed E-state index contributed by atoms with van der Waals surface area (Å²) in [5.74, 6) is 1.35. The number of hydrogen-bond acceptors (Lipinski definition) is 5. The van der Waals surface area contributed by atoms with E-state index in [2.05, 4.69) is 50.1 Å². The predicted octanol–water partition coefficient (Wildman–Crippen LogP) is 3.05. The first-order valence-electron chi connectivity index (χ1n) is 7.59. The van der Waals surface area contributed by atoms with Crippen LogP contribution in [0.4, 0.5) is 0 Å². The fraction of sp³-hybridized carbons (Fsp3) is 0.867. The molecule has 1 aromatic rings. The molecule has 0 saturated heterocycles. The Bertz CT molecular complexity index is 392. The van der Waals surface area contributed by atoms with Gasteiger partial charge in [-0.2, -0.15) is 4.98 Å². The van der Waals surface area contributed by atoms with Crippen LogP contribution in [0, 0.1) is 0 Å². The summed E-state index contributed by atoms with van der Waals surface area (Å²) in [6.07, 6.45) is 2.42. The molecule has 0 aromatic carbocycles. The monoisotopic (exact) mass is 283 g/mol. The Kier molecular flexibility index (Phi) is 6.14. The van der Waals surface area contributed by atoms with Crippen LogP contribution in [0.1, 0.15) is 66.1 Å². The van der Waals surface area contributed by atoms with Crippen LogP contribution in [0.15, 0.2) is 4.52 Å². The van der Waals surface area contributed by atoms with E-state index in [0.29, 0.717) is 18.3 Å². The van der Waals surface area contributed by atoms with Crippen molar-refractivity contribution in [1.29, 1.82) is 0 Å². The highest BCUT2D eigenvalue weighted by Crippen LogP contribution is 2.30. The van der Waals surface area contributed by atoms with Crippen LogP contribution in [0.5, 0.6) is 0 Å². The molecule has 1 rings (SSSR count). The number of aromatic nitrogens is 2. The quantitative estimate of drug-likeness (QED) is 0.794. The van der Waals surface area contributed by atoms with E-state index in [4.69, 9.17) is 9.26 Å².